The van der Waals surface area contributed by atoms with Gasteiger partial charge in [-0.3, -0.25) is 9.59 Å². The number of amides is 2. The average molecular weight is 294 g/mol. The number of imide groups is 1. The van der Waals surface area contributed by atoms with Crippen molar-refractivity contribution < 1.29 is 9.59 Å². The molecule has 0 radical (unpaired) electrons. The lowest BCUT2D eigenvalue weighted by Crippen LogP contribution is -2.30. The molecule has 1 N–H and O–H groups in total. The molecule has 1 heterocycles. The molecule has 3 rings (SSSR count). The fourth-order valence-corrected chi connectivity index (χ4v) is 2.72. The molecule has 2 amide bonds. The summed E-state index contributed by atoms with van der Waals surface area (Å²) in [6, 6.07) is 12.8. The Labute approximate surface area is 129 Å². The maximum atomic E-state index is 12.6. The smallest absolute Gasteiger partial charge is 0.266 e. The fourth-order valence-electron chi connectivity index (χ4n) is 2.72. The third kappa shape index (κ3) is 2.17. The molecule has 112 valence electrons. The standard InChI is InChI=1S/C18H18N2O2/c1-11(2)19-16-12(3)7-6-10-15(16)20-17(21)13-8-4-5-9-14(13)18(20)22/h4-11,19H,1-3H3. The van der Waals surface area contributed by atoms with Gasteiger partial charge in [-0.25, -0.2) is 4.90 Å². The first-order valence-corrected chi connectivity index (χ1v) is 7.34. The van der Waals surface area contributed by atoms with Crippen LogP contribution in [0.3, 0.4) is 0 Å². The van der Waals surface area contributed by atoms with E-state index in [1.807, 2.05) is 32.9 Å². The van der Waals surface area contributed by atoms with Gasteiger partial charge < -0.3 is 5.32 Å². The van der Waals surface area contributed by atoms with Gasteiger partial charge in [-0.1, -0.05) is 24.3 Å². The van der Waals surface area contributed by atoms with E-state index in [-0.39, 0.29) is 17.9 Å². The zero-order chi connectivity index (χ0) is 15.9. The summed E-state index contributed by atoms with van der Waals surface area (Å²) in [6.07, 6.45) is 0. The Hall–Kier alpha value is -2.62. The van der Waals surface area contributed by atoms with Crippen LogP contribution in [0.4, 0.5) is 11.4 Å². The summed E-state index contributed by atoms with van der Waals surface area (Å²) < 4.78 is 0. The molecule has 0 bridgehead atoms. The monoisotopic (exact) mass is 294 g/mol. The van der Waals surface area contributed by atoms with Crippen molar-refractivity contribution in [1.29, 1.82) is 0 Å². The van der Waals surface area contributed by atoms with Gasteiger partial charge in [-0.15, -0.1) is 0 Å². The molecule has 1 aliphatic heterocycles. The van der Waals surface area contributed by atoms with Gasteiger partial charge in [0.1, 0.15) is 0 Å². The molecule has 0 fully saturated rings. The van der Waals surface area contributed by atoms with Crippen LogP contribution >= 0.6 is 0 Å². The van der Waals surface area contributed by atoms with E-state index in [2.05, 4.69) is 5.32 Å². The van der Waals surface area contributed by atoms with Crippen molar-refractivity contribution >= 4 is 23.2 Å². The van der Waals surface area contributed by atoms with E-state index in [0.717, 1.165) is 11.3 Å². The first-order valence-electron chi connectivity index (χ1n) is 7.34. The molecule has 2 aromatic rings. The van der Waals surface area contributed by atoms with E-state index in [1.54, 1.807) is 30.3 Å². The molecular weight excluding hydrogens is 276 g/mol. The SMILES string of the molecule is Cc1cccc(N2C(=O)c3ccccc3C2=O)c1NC(C)C. The number of nitrogens with one attached hydrogen (secondary N) is 1. The molecule has 0 spiro atoms. The average Bonchev–Trinajstić information content (AvgIpc) is 2.74. The Morgan fingerprint density at radius 1 is 0.909 bits per heavy atom. The van der Waals surface area contributed by atoms with Gasteiger partial charge in [-0.05, 0) is 44.5 Å². The highest BCUT2D eigenvalue weighted by atomic mass is 16.2. The van der Waals surface area contributed by atoms with Crippen LogP contribution in [0.15, 0.2) is 42.5 Å². The van der Waals surface area contributed by atoms with Crippen LogP contribution in [0, 0.1) is 6.92 Å². The van der Waals surface area contributed by atoms with Crippen molar-refractivity contribution in [2.45, 2.75) is 26.8 Å². The molecule has 4 nitrogen and oxygen atoms in total. The lowest BCUT2D eigenvalue weighted by molar-refractivity contribution is 0.0926. The number of carbonyl (C=O) groups is 2. The van der Waals surface area contributed by atoms with Gasteiger partial charge in [0.15, 0.2) is 0 Å². The number of nitrogens with zero attached hydrogens (tertiary/aromatic N) is 1. The minimum Gasteiger partial charge on any atom is -0.381 e. The number of benzene rings is 2. The van der Waals surface area contributed by atoms with Crippen LogP contribution in [0.2, 0.25) is 0 Å². The molecule has 1 aliphatic rings. The Kier molecular flexibility index (Phi) is 3.45. The Morgan fingerprint density at radius 3 is 2.05 bits per heavy atom. The fraction of sp³-hybridized carbons (Fsp3) is 0.222. The maximum Gasteiger partial charge on any atom is 0.266 e. The summed E-state index contributed by atoms with van der Waals surface area (Å²) in [6.45, 7) is 6.02. The van der Waals surface area contributed by atoms with E-state index in [9.17, 15) is 9.59 Å². The van der Waals surface area contributed by atoms with Gasteiger partial charge >= 0.3 is 0 Å². The number of hydrogen-bond donors (Lipinski definition) is 1. The zero-order valence-corrected chi connectivity index (χ0v) is 12.9. The molecular formula is C18H18N2O2. The van der Waals surface area contributed by atoms with Gasteiger partial charge in [-0.2, -0.15) is 0 Å². The summed E-state index contributed by atoms with van der Waals surface area (Å²) in [7, 11) is 0. The second kappa shape index (κ2) is 5.30. The molecule has 0 aromatic heterocycles. The minimum atomic E-state index is -0.266. The molecule has 0 atom stereocenters. The number of aryl methyl sites for hydroxylation is 1. The highest BCUT2D eigenvalue weighted by Gasteiger charge is 2.37. The third-order valence-corrected chi connectivity index (χ3v) is 3.72. The van der Waals surface area contributed by atoms with E-state index in [0.29, 0.717) is 16.8 Å². The number of rotatable bonds is 3. The van der Waals surface area contributed by atoms with Crippen molar-refractivity contribution in [1.82, 2.24) is 0 Å². The number of carbonyl (C=O) groups excluding carboxylic acids is 2. The molecule has 0 aliphatic carbocycles. The van der Waals surface area contributed by atoms with Crippen LogP contribution in [-0.2, 0) is 0 Å². The molecule has 0 unspecified atom stereocenters. The number of anilines is 2. The van der Waals surface area contributed by atoms with E-state index < -0.39 is 0 Å². The summed E-state index contributed by atoms with van der Waals surface area (Å²) in [5.41, 5.74) is 3.36. The van der Waals surface area contributed by atoms with Crippen LogP contribution in [0.5, 0.6) is 0 Å². The van der Waals surface area contributed by atoms with Gasteiger partial charge in [0, 0.05) is 6.04 Å². The minimum absolute atomic E-state index is 0.204. The van der Waals surface area contributed by atoms with Crippen molar-refractivity contribution in [3.8, 4) is 0 Å². The second-order valence-corrected chi connectivity index (χ2v) is 5.76. The quantitative estimate of drug-likeness (QED) is 0.880. The summed E-state index contributed by atoms with van der Waals surface area (Å²) >= 11 is 0. The van der Waals surface area contributed by atoms with E-state index in [4.69, 9.17) is 0 Å². The number of fused-ring (bicyclic) bond motifs is 1. The predicted octanol–water partition coefficient (Wildman–Crippen LogP) is 3.62. The van der Waals surface area contributed by atoms with Crippen LogP contribution < -0.4 is 10.2 Å². The van der Waals surface area contributed by atoms with Gasteiger partial charge in [0.2, 0.25) is 0 Å². The Morgan fingerprint density at radius 2 is 1.50 bits per heavy atom. The van der Waals surface area contributed by atoms with E-state index >= 15 is 0 Å². The van der Waals surface area contributed by atoms with E-state index in [1.165, 1.54) is 4.90 Å². The maximum absolute atomic E-state index is 12.6. The summed E-state index contributed by atoms with van der Waals surface area (Å²) in [5, 5.41) is 3.34. The molecule has 2 aromatic carbocycles. The molecule has 0 saturated carbocycles. The highest BCUT2D eigenvalue weighted by molar-refractivity contribution is 6.35. The first kappa shape index (κ1) is 14.3. The Bertz CT molecular complexity index is 730. The number of para-hydroxylation sites is 1. The van der Waals surface area contributed by atoms with Gasteiger partial charge in [0.25, 0.3) is 11.8 Å². The largest absolute Gasteiger partial charge is 0.381 e. The third-order valence-electron chi connectivity index (χ3n) is 3.72. The highest BCUT2D eigenvalue weighted by Crippen LogP contribution is 2.35. The van der Waals surface area contributed by atoms with Gasteiger partial charge in [0.05, 0.1) is 22.5 Å². The van der Waals surface area contributed by atoms with Crippen molar-refractivity contribution in [3.63, 3.8) is 0 Å². The zero-order valence-electron chi connectivity index (χ0n) is 12.9. The summed E-state index contributed by atoms with van der Waals surface area (Å²) in [4.78, 5) is 26.5. The lowest BCUT2D eigenvalue weighted by atomic mass is 10.1. The van der Waals surface area contributed by atoms with Crippen molar-refractivity contribution in [2.75, 3.05) is 10.2 Å². The molecule has 0 saturated heterocycles. The van der Waals surface area contributed by atoms with Crippen LogP contribution in [-0.4, -0.2) is 17.9 Å². The molecule has 22 heavy (non-hydrogen) atoms. The summed E-state index contributed by atoms with van der Waals surface area (Å²) in [5.74, 6) is -0.531. The predicted molar refractivity (Wildman–Crippen MR) is 87.5 cm³/mol. The lowest BCUT2D eigenvalue weighted by Gasteiger charge is -2.22. The Balaban J connectivity index is 2.12. The molecule has 4 heteroatoms. The number of hydrogen-bond acceptors (Lipinski definition) is 3. The topological polar surface area (TPSA) is 49.4 Å². The first-order chi connectivity index (χ1) is 10.5. The van der Waals surface area contributed by atoms with Crippen LogP contribution in [0.1, 0.15) is 40.1 Å². The normalized spacial score (nSPS) is 13.7. The van der Waals surface area contributed by atoms with Crippen molar-refractivity contribution in [3.05, 3.63) is 59.2 Å². The van der Waals surface area contributed by atoms with Crippen LogP contribution in [0.25, 0.3) is 0 Å². The second-order valence-electron chi connectivity index (χ2n) is 5.76. The van der Waals surface area contributed by atoms with Crippen molar-refractivity contribution in [2.24, 2.45) is 0 Å².